The van der Waals surface area contributed by atoms with Crippen molar-refractivity contribution in [1.82, 2.24) is 0 Å². The molecule has 2 nitrogen and oxygen atoms in total. The highest BCUT2D eigenvalue weighted by Gasteiger charge is 2.66. The van der Waals surface area contributed by atoms with E-state index in [9.17, 15) is 0 Å². The van der Waals surface area contributed by atoms with E-state index < -0.39 is 0 Å². The summed E-state index contributed by atoms with van der Waals surface area (Å²) in [5.41, 5.74) is 0.406. The van der Waals surface area contributed by atoms with Crippen molar-refractivity contribution in [2.45, 2.75) is 76.9 Å². The standard InChI is InChI=1S/C17H30O2/c1-3-15(18-4-2)8-6-5-7-13-9-10-14-11-17(12-19-17)16(13)14/h13-16H,3-12H2,1-2H3. The topological polar surface area (TPSA) is 21.8 Å². The molecule has 2 aliphatic carbocycles. The molecular formula is C17H30O2. The van der Waals surface area contributed by atoms with Gasteiger partial charge in [-0.1, -0.05) is 26.2 Å². The quantitative estimate of drug-likeness (QED) is 0.485. The van der Waals surface area contributed by atoms with Gasteiger partial charge in [-0.3, -0.25) is 0 Å². The lowest BCUT2D eigenvalue weighted by Crippen LogP contribution is -2.44. The average molecular weight is 266 g/mol. The fourth-order valence-electron chi connectivity index (χ4n) is 4.83. The van der Waals surface area contributed by atoms with Gasteiger partial charge in [0, 0.05) is 6.61 Å². The Kier molecular flexibility index (Phi) is 4.19. The molecule has 110 valence electrons. The van der Waals surface area contributed by atoms with E-state index in [-0.39, 0.29) is 0 Å². The minimum Gasteiger partial charge on any atom is -0.379 e. The Hall–Kier alpha value is -0.0800. The molecule has 0 N–H and O–H groups in total. The van der Waals surface area contributed by atoms with E-state index >= 15 is 0 Å². The van der Waals surface area contributed by atoms with E-state index in [1.807, 2.05) is 0 Å². The first-order valence-electron chi connectivity index (χ1n) is 8.54. The summed E-state index contributed by atoms with van der Waals surface area (Å²) in [6, 6.07) is 0. The number of rotatable bonds is 8. The molecule has 3 rings (SSSR count). The van der Waals surface area contributed by atoms with Crippen LogP contribution in [0.1, 0.15) is 65.2 Å². The van der Waals surface area contributed by atoms with Crippen LogP contribution < -0.4 is 0 Å². The zero-order valence-electron chi connectivity index (χ0n) is 12.7. The van der Waals surface area contributed by atoms with Crippen molar-refractivity contribution in [3.63, 3.8) is 0 Å². The van der Waals surface area contributed by atoms with E-state index in [2.05, 4.69) is 13.8 Å². The van der Waals surface area contributed by atoms with E-state index in [4.69, 9.17) is 9.47 Å². The van der Waals surface area contributed by atoms with Crippen LogP contribution in [0.25, 0.3) is 0 Å². The van der Waals surface area contributed by atoms with E-state index in [1.54, 1.807) is 0 Å². The van der Waals surface area contributed by atoms with Crippen LogP contribution in [-0.4, -0.2) is 24.9 Å². The number of unbranched alkanes of at least 4 members (excludes halogenated alkanes) is 1. The zero-order chi connectivity index (χ0) is 13.3. The predicted molar refractivity (Wildman–Crippen MR) is 77.2 cm³/mol. The van der Waals surface area contributed by atoms with Crippen LogP contribution in [-0.2, 0) is 9.47 Å². The summed E-state index contributed by atoms with van der Waals surface area (Å²) in [5, 5.41) is 0. The van der Waals surface area contributed by atoms with Gasteiger partial charge in [0.15, 0.2) is 0 Å². The number of hydrogen-bond acceptors (Lipinski definition) is 2. The van der Waals surface area contributed by atoms with Crippen molar-refractivity contribution in [1.29, 1.82) is 0 Å². The van der Waals surface area contributed by atoms with Crippen LogP contribution in [0, 0.1) is 17.8 Å². The molecule has 0 bridgehead atoms. The van der Waals surface area contributed by atoms with Gasteiger partial charge in [-0.05, 0) is 56.8 Å². The normalized spacial score (nSPS) is 41.1. The summed E-state index contributed by atoms with van der Waals surface area (Å²) >= 11 is 0. The fourth-order valence-corrected chi connectivity index (χ4v) is 4.83. The minimum atomic E-state index is 0.406. The predicted octanol–water partition coefficient (Wildman–Crippen LogP) is 4.18. The fraction of sp³-hybridized carbons (Fsp3) is 1.00. The maximum atomic E-state index is 5.75. The molecule has 1 spiro atoms. The Morgan fingerprint density at radius 3 is 2.79 bits per heavy atom. The molecule has 1 heterocycles. The van der Waals surface area contributed by atoms with E-state index in [0.717, 1.165) is 31.0 Å². The highest BCUT2D eigenvalue weighted by atomic mass is 16.6. The zero-order valence-corrected chi connectivity index (χ0v) is 12.7. The summed E-state index contributed by atoms with van der Waals surface area (Å²) in [4.78, 5) is 0. The number of epoxide rings is 1. The van der Waals surface area contributed by atoms with Crippen LogP contribution >= 0.6 is 0 Å². The highest BCUT2D eigenvalue weighted by molar-refractivity contribution is 5.15. The van der Waals surface area contributed by atoms with Crippen molar-refractivity contribution in [3.05, 3.63) is 0 Å². The third-order valence-electron chi connectivity index (χ3n) is 5.86. The SMILES string of the molecule is CCOC(CC)CCCCC1CCC2CC3(CO3)C12. The van der Waals surface area contributed by atoms with Gasteiger partial charge in [-0.15, -0.1) is 0 Å². The summed E-state index contributed by atoms with van der Waals surface area (Å²) in [7, 11) is 0. The van der Waals surface area contributed by atoms with Gasteiger partial charge in [0.2, 0.25) is 0 Å². The smallest absolute Gasteiger partial charge is 0.0952 e. The average Bonchev–Trinajstić information content (AvgIpc) is 3.13. The summed E-state index contributed by atoms with van der Waals surface area (Å²) < 4.78 is 11.5. The van der Waals surface area contributed by atoms with E-state index in [0.29, 0.717) is 11.7 Å². The van der Waals surface area contributed by atoms with Crippen LogP contribution in [0.3, 0.4) is 0 Å². The van der Waals surface area contributed by atoms with Crippen LogP contribution in [0.4, 0.5) is 0 Å². The molecule has 3 fully saturated rings. The molecule has 0 aromatic heterocycles. The first-order chi connectivity index (χ1) is 9.29. The molecule has 1 aliphatic heterocycles. The third-order valence-corrected chi connectivity index (χ3v) is 5.86. The Balaban J connectivity index is 1.34. The molecule has 0 aromatic rings. The molecular weight excluding hydrogens is 236 g/mol. The van der Waals surface area contributed by atoms with Gasteiger partial charge in [0.25, 0.3) is 0 Å². The first kappa shape index (κ1) is 13.9. The van der Waals surface area contributed by atoms with Crippen molar-refractivity contribution in [2.75, 3.05) is 13.2 Å². The van der Waals surface area contributed by atoms with Gasteiger partial charge in [-0.2, -0.15) is 0 Å². The summed E-state index contributed by atoms with van der Waals surface area (Å²) in [5.74, 6) is 2.95. The van der Waals surface area contributed by atoms with Gasteiger partial charge in [0.05, 0.1) is 18.3 Å². The van der Waals surface area contributed by atoms with Gasteiger partial charge >= 0.3 is 0 Å². The molecule has 0 amide bonds. The van der Waals surface area contributed by atoms with Gasteiger partial charge < -0.3 is 9.47 Å². The molecule has 2 saturated carbocycles. The lowest BCUT2D eigenvalue weighted by atomic mass is 9.63. The maximum Gasteiger partial charge on any atom is 0.0952 e. The summed E-state index contributed by atoms with van der Waals surface area (Å²) in [6.07, 6.45) is 11.5. The van der Waals surface area contributed by atoms with Gasteiger partial charge in [-0.25, -0.2) is 0 Å². The van der Waals surface area contributed by atoms with Crippen molar-refractivity contribution in [3.8, 4) is 0 Å². The molecule has 1 saturated heterocycles. The van der Waals surface area contributed by atoms with Crippen LogP contribution in [0.5, 0.6) is 0 Å². The molecule has 19 heavy (non-hydrogen) atoms. The Morgan fingerprint density at radius 1 is 1.26 bits per heavy atom. The maximum absolute atomic E-state index is 5.75. The number of ether oxygens (including phenoxy) is 2. The molecule has 2 heteroatoms. The monoisotopic (exact) mass is 266 g/mol. The Morgan fingerprint density at radius 2 is 2.11 bits per heavy atom. The second-order valence-electron chi connectivity index (χ2n) is 6.95. The van der Waals surface area contributed by atoms with Crippen LogP contribution in [0.2, 0.25) is 0 Å². The molecule has 3 aliphatic rings. The largest absolute Gasteiger partial charge is 0.379 e. The van der Waals surface area contributed by atoms with Crippen LogP contribution in [0.15, 0.2) is 0 Å². The summed E-state index contributed by atoms with van der Waals surface area (Å²) in [6.45, 7) is 6.29. The Labute approximate surface area is 118 Å². The lowest BCUT2D eigenvalue weighted by molar-refractivity contribution is 0.0226. The highest BCUT2D eigenvalue weighted by Crippen LogP contribution is 2.64. The van der Waals surface area contributed by atoms with Gasteiger partial charge in [0.1, 0.15) is 0 Å². The minimum absolute atomic E-state index is 0.406. The molecule has 5 unspecified atom stereocenters. The second-order valence-corrected chi connectivity index (χ2v) is 6.95. The number of fused-ring (bicyclic) bond motifs is 2. The van der Waals surface area contributed by atoms with Crippen molar-refractivity contribution >= 4 is 0 Å². The molecule has 5 atom stereocenters. The third kappa shape index (κ3) is 2.71. The van der Waals surface area contributed by atoms with Crippen molar-refractivity contribution in [2.24, 2.45) is 17.8 Å². The second kappa shape index (κ2) is 5.73. The number of hydrogen-bond donors (Lipinski definition) is 0. The van der Waals surface area contributed by atoms with Crippen molar-refractivity contribution < 1.29 is 9.47 Å². The molecule has 0 radical (unpaired) electrons. The lowest BCUT2D eigenvalue weighted by Gasteiger charge is -2.41. The first-order valence-corrected chi connectivity index (χ1v) is 8.54. The van der Waals surface area contributed by atoms with E-state index in [1.165, 1.54) is 51.4 Å². The molecule has 0 aromatic carbocycles. The Bertz CT molecular complexity index is 298.